The molecule has 0 bridgehead atoms. The fourth-order valence-electron chi connectivity index (χ4n) is 1.86. The minimum atomic E-state index is -0.776. The van der Waals surface area contributed by atoms with Crippen molar-refractivity contribution < 1.29 is 18.4 Å². The van der Waals surface area contributed by atoms with Crippen molar-refractivity contribution in [1.82, 2.24) is 4.98 Å². The molecule has 0 atom stereocenters. The normalized spacial score (nSPS) is 20.8. The molecule has 19 heavy (non-hydrogen) atoms. The van der Waals surface area contributed by atoms with E-state index in [0.29, 0.717) is 12.2 Å². The summed E-state index contributed by atoms with van der Waals surface area (Å²) in [6, 6.07) is 1.40. The Kier molecular flexibility index (Phi) is 3.68. The second kappa shape index (κ2) is 4.85. The Hall–Kier alpha value is -0.975. The highest BCUT2D eigenvalue weighted by Gasteiger charge is 2.53. The molecule has 0 amide bonds. The maximum atomic E-state index is 14.1. The van der Waals surface area contributed by atoms with Crippen LogP contribution in [0.25, 0.3) is 0 Å². The molecule has 1 saturated heterocycles. The van der Waals surface area contributed by atoms with Gasteiger partial charge in [0, 0.05) is 13.3 Å². The molecule has 0 aromatic carbocycles. The number of rotatable bonds is 3. The second-order valence-corrected chi connectivity index (χ2v) is 5.73. The standard InChI is InChI=1S/C13H19BFNO3/c1-12(2)13(3,4)19-14(18-12)11-10(15)6-9(7-16-11)8-17-5/h6-7H,8H2,1-5H3. The zero-order valence-electron chi connectivity index (χ0n) is 12.0. The highest BCUT2D eigenvalue weighted by atomic mass is 19.1. The van der Waals surface area contributed by atoms with Crippen molar-refractivity contribution in [2.24, 2.45) is 0 Å². The molecule has 4 nitrogen and oxygen atoms in total. The van der Waals surface area contributed by atoms with E-state index in [1.807, 2.05) is 27.7 Å². The van der Waals surface area contributed by atoms with Crippen LogP contribution in [0.2, 0.25) is 0 Å². The number of nitrogens with zero attached hydrogens (tertiary/aromatic N) is 1. The molecule has 0 N–H and O–H groups in total. The van der Waals surface area contributed by atoms with E-state index in [0.717, 1.165) is 0 Å². The van der Waals surface area contributed by atoms with Crippen LogP contribution in [0.1, 0.15) is 33.3 Å². The maximum Gasteiger partial charge on any atom is 0.517 e. The molecule has 1 aromatic heterocycles. The maximum absolute atomic E-state index is 14.1. The molecule has 1 aliphatic heterocycles. The lowest BCUT2D eigenvalue weighted by atomic mass is 9.83. The van der Waals surface area contributed by atoms with Gasteiger partial charge in [-0.1, -0.05) is 0 Å². The summed E-state index contributed by atoms with van der Waals surface area (Å²) in [6.07, 6.45) is 1.58. The first-order valence-corrected chi connectivity index (χ1v) is 6.26. The summed E-state index contributed by atoms with van der Waals surface area (Å²) in [7, 11) is 0.779. The van der Waals surface area contributed by atoms with Gasteiger partial charge in [0.15, 0.2) is 0 Å². The van der Waals surface area contributed by atoms with E-state index in [-0.39, 0.29) is 5.59 Å². The van der Waals surface area contributed by atoms with E-state index < -0.39 is 24.1 Å². The van der Waals surface area contributed by atoms with Gasteiger partial charge in [-0.3, -0.25) is 4.98 Å². The molecule has 1 fully saturated rings. The summed E-state index contributed by atoms with van der Waals surface area (Å²) in [5.41, 5.74) is -0.146. The van der Waals surface area contributed by atoms with Gasteiger partial charge in [-0.25, -0.2) is 4.39 Å². The Morgan fingerprint density at radius 3 is 2.32 bits per heavy atom. The smallest absolute Gasteiger partial charge is 0.398 e. The van der Waals surface area contributed by atoms with Crippen LogP contribution in [0.5, 0.6) is 0 Å². The van der Waals surface area contributed by atoms with Crippen molar-refractivity contribution >= 4 is 12.7 Å². The van der Waals surface area contributed by atoms with Crippen molar-refractivity contribution in [2.75, 3.05) is 7.11 Å². The van der Waals surface area contributed by atoms with E-state index in [4.69, 9.17) is 14.0 Å². The summed E-state index contributed by atoms with van der Waals surface area (Å²) < 4.78 is 30.5. The van der Waals surface area contributed by atoms with Gasteiger partial charge < -0.3 is 14.0 Å². The Morgan fingerprint density at radius 1 is 1.26 bits per heavy atom. The van der Waals surface area contributed by atoms with Crippen LogP contribution in [0.4, 0.5) is 4.39 Å². The number of hydrogen-bond donors (Lipinski definition) is 0. The molecule has 6 heteroatoms. The highest BCUT2D eigenvalue weighted by molar-refractivity contribution is 6.61. The number of methoxy groups -OCH3 is 1. The topological polar surface area (TPSA) is 40.6 Å². The lowest BCUT2D eigenvalue weighted by Gasteiger charge is -2.32. The lowest BCUT2D eigenvalue weighted by molar-refractivity contribution is 0.00578. The van der Waals surface area contributed by atoms with Gasteiger partial charge in [-0.05, 0) is 39.3 Å². The van der Waals surface area contributed by atoms with Gasteiger partial charge in [0.05, 0.1) is 17.8 Å². The summed E-state index contributed by atoms with van der Waals surface area (Å²) in [4.78, 5) is 4.10. The average Bonchev–Trinajstić information content (AvgIpc) is 2.48. The minimum absolute atomic E-state index is 0.179. The molecule has 0 radical (unpaired) electrons. The van der Waals surface area contributed by atoms with Gasteiger partial charge >= 0.3 is 7.12 Å². The quantitative estimate of drug-likeness (QED) is 0.781. The first-order chi connectivity index (χ1) is 8.77. The van der Waals surface area contributed by atoms with Crippen molar-refractivity contribution in [1.29, 1.82) is 0 Å². The molecule has 104 valence electrons. The number of pyridine rings is 1. The van der Waals surface area contributed by atoms with Gasteiger partial charge in [-0.15, -0.1) is 0 Å². The van der Waals surface area contributed by atoms with Crippen LogP contribution >= 0.6 is 0 Å². The zero-order valence-corrected chi connectivity index (χ0v) is 12.0. The Morgan fingerprint density at radius 2 is 1.84 bits per heavy atom. The summed E-state index contributed by atoms with van der Waals surface area (Å²) >= 11 is 0. The van der Waals surface area contributed by atoms with Crippen molar-refractivity contribution in [2.45, 2.75) is 45.5 Å². The van der Waals surface area contributed by atoms with Crippen LogP contribution < -0.4 is 5.59 Å². The zero-order chi connectivity index (χ0) is 14.3. The minimum Gasteiger partial charge on any atom is -0.398 e. The molecule has 0 unspecified atom stereocenters. The van der Waals surface area contributed by atoms with E-state index in [2.05, 4.69) is 4.98 Å². The summed E-state index contributed by atoms with van der Waals surface area (Å²) in [5, 5.41) is 0. The molecule has 2 heterocycles. The van der Waals surface area contributed by atoms with Gasteiger partial charge in [0.1, 0.15) is 11.4 Å². The van der Waals surface area contributed by atoms with E-state index in [1.165, 1.54) is 6.07 Å². The summed E-state index contributed by atoms with van der Waals surface area (Å²) in [5.74, 6) is -0.437. The third-order valence-electron chi connectivity index (χ3n) is 3.71. The first-order valence-electron chi connectivity index (χ1n) is 6.26. The number of aromatic nitrogens is 1. The van der Waals surface area contributed by atoms with Crippen LogP contribution in [-0.4, -0.2) is 30.4 Å². The molecule has 0 saturated carbocycles. The molecule has 0 spiro atoms. The van der Waals surface area contributed by atoms with Crippen molar-refractivity contribution in [3.05, 3.63) is 23.6 Å². The van der Waals surface area contributed by atoms with E-state index >= 15 is 0 Å². The van der Waals surface area contributed by atoms with Gasteiger partial charge in [0.2, 0.25) is 0 Å². The Balaban J connectivity index is 2.25. The molecular weight excluding hydrogens is 248 g/mol. The lowest BCUT2D eigenvalue weighted by Crippen LogP contribution is -2.41. The van der Waals surface area contributed by atoms with Crippen molar-refractivity contribution in [3.8, 4) is 0 Å². The third kappa shape index (κ3) is 2.66. The highest BCUT2D eigenvalue weighted by Crippen LogP contribution is 2.36. The monoisotopic (exact) mass is 267 g/mol. The molecule has 1 aromatic rings. The van der Waals surface area contributed by atoms with Crippen LogP contribution in [0.15, 0.2) is 12.3 Å². The molecule has 1 aliphatic rings. The van der Waals surface area contributed by atoms with Crippen LogP contribution in [0, 0.1) is 5.82 Å². The fraction of sp³-hybridized carbons (Fsp3) is 0.615. The van der Waals surface area contributed by atoms with E-state index in [1.54, 1.807) is 13.3 Å². The predicted molar refractivity (Wildman–Crippen MR) is 70.6 cm³/mol. The molecule has 0 aliphatic carbocycles. The number of ether oxygens (including phenoxy) is 1. The van der Waals surface area contributed by atoms with Gasteiger partial charge in [-0.2, -0.15) is 0 Å². The second-order valence-electron chi connectivity index (χ2n) is 5.73. The molecular formula is C13H19BFNO3. The first kappa shape index (κ1) is 14.4. The Bertz CT molecular complexity index is 463. The van der Waals surface area contributed by atoms with E-state index in [9.17, 15) is 4.39 Å². The fourth-order valence-corrected chi connectivity index (χ4v) is 1.86. The SMILES string of the molecule is COCc1cnc(B2OC(C)(C)C(C)(C)O2)c(F)c1. The van der Waals surface area contributed by atoms with Crippen LogP contribution in [0.3, 0.4) is 0 Å². The summed E-state index contributed by atoms with van der Waals surface area (Å²) in [6.45, 7) is 8.01. The van der Waals surface area contributed by atoms with Gasteiger partial charge in [0.25, 0.3) is 0 Å². The van der Waals surface area contributed by atoms with Crippen LogP contribution in [-0.2, 0) is 20.7 Å². The number of halogens is 1. The molecule has 2 rings (SSSR count). The van der Waals surface area contributed by atoms with Crippen molar-refractivity contribution in [3.63, 3.8) is 0 Å². The Labute approximate surface area is 113 Å². The predicted octanol–water partition coefficient (Wildman–Crippen LogP) is 1.67. The average molecular weight is 267 g/mol. The largest absolute Gasteiger partial charge is 0.517 e. The number of hydrogen-bond acceptors (Lipinski definition) is 4. The third-order valence-corrected chi connectivity index (χ3v) is 3.71.